The first-order valence-corrected chi connectivity index (χ1v) is 14.8. The van der Waals surface area contributed by atoms with E-state index in [0.717, 1.165) is 22.5 Å². The van der Waals surface area contributed by atoms with Crippen molar-refractivity contribution >= 4 is 46.3 Å². The molecule has 0 fully saturated rings. The van der Waals surface area contributed by atoms with Gasteiger partial charge in [-0.1, -0.05) is 61.7 Å². The highest BCUT2D eigenvalue weighted by Crippen LogP contribution is 2.37. The molecule has 0 bridgehead atoms. The molecule has 2 N–H and O–H groups in total. The first-order chi connectivity index (χ1) is 22.1. The van der Waals surface area contributed by atoms with Crippen LogP contribution >= 0.6 is 0 Å². The van der Waals surface area contributed by atoms with Gasteiger partial charge in [0.1, 0.15) is 0 Å². The molecule has 232 valence electrons. The third kappa shape index (κ3) is 7.13. The molecule has 8 nitrogen and oxygen atoms in total. The summed E-state index contributed by atoms with van der Waals surface area (Å²) in [6, 6.07) is 25.6. The van der Waals surface area contributed by atoms with Crippen molar-refractivity contribution in [2.75, 3.05) is 23.8 Å². The van der Waals surface area contributed by atoms with Gasteiger partial charge in [-0.2, -0.15) is 0 Å². The predicted molar refractivity (Wildman–Crippen MR) is 178 cm³/mol. The molecule has 4 aromatic carbocycles. The summed E-state index contributed by atoms with van der Waals surface area (Å²) >= 11 is 0. The minimum absolute atomic E-state index is 0.244. The van der Waals surface area contributed by atoms with Crippen LogP contribution in [-0.2, 0) is 31.9 Å². The largest absolute Gasteiger partial charge is 0.462 e. The number of esters is 2. The summed E-state index contributed by atoms with van der Waals surface area (Å²) in [5.74, 6) is -1.32. The lowest BCUT2D eigenvalue weighted by Gasteiger charge is -2.23. The lowest BCUT2D eigenvalue weighted by molar-refractivity contribution is -0.139. The van der Waals surface area contributed by atoms with Crippen molar-refractivity contribution in [3.8, 4) is 0 Å². The van der Waals surface area contributed by atoms with Crippen LogP contribution in [0.5, 0.6) is 0 Å². The van der Waals surface area contributed by atoms with E-state index in [2.05, 4.69) is 23.8 Å². The van der Waals surface area contributed by atoms with E-state index >= 15 is 0 Å². The zero-order valence-corrected chi connectivity index (χ0v) is 25.8. The summed E-state index contributed by atoms with van der Waals surface area (Å²) < 4.78 is 10.3. The number of carbonyl (C=O) groups excluding carboxylic acids is 4. The van der Waals surface area contributed by atoms with Crippen LogP contribution in [0, 0.1) is 0 Å². The van der Waals surface area contributed by atoms with Crippen LogP contribution in [0.25, 0.3) is 0 Å². The molecule has 0 saturated heterocycles. The van der Waals surface area contributed by atoms with Crippen molar-refractivity contribution in [2.24, 2.45) is 0 Å². The summed E-state index contributed by atoms with van der Waals surface area (Å²) in [6.07, 6.45) is 1.11. The topological polar surface area (TPSA) is 111 Å². The van der Waals surface area contributed by atoms with Gasteiger partial charge in [0.15, 0.2) is 11.6 Å². The van der Waals surface area contributed by atoms with Crippen molar-refractivity contribution < 1.29 is 28.7 Å². The van der Waals surface area contributed by atoms with Crippen LogP contribution in [0.4, 0.5) is 22.7 Å². The Morgan fingerprint density at radius 1 is 0.587 bits per heavy atom. The Morgan fingerprint density at radius 3 is 1.30 bits per heavy atom. The van der Waals surface area contributed by atoms with Gasteiger partial charge in [-0.25, -0.2) is 9.59 Å². The Bertz CT molecular complexity index is 1720. The number of hydrogen-bond acceptors (Lipinski definition) is 8. The number of rotatable bonds is 12. The first-order valence-electron chi connectivity index (χ1n) is 14.8. The fourth-order valence-electron chi connectivity index (χ4n) is 5.04. The normalized spacial score (nSPS) is 11.6. The maximum atomic E-state index is 13.9. The maximum absolute atomic E-state index is 13.9. The lowest BCUT2D eigenvalue weighted by atomic mass is 9.82. The highest BCUT2D eigenvalue weighted by atomic mass is 16.5. The molecule has 0 aliphatic heterocycles. The van der Waals surface area contributed by atoms with E-state index in [1.165, 1.54) is 0 Å². The summed E-state index contributed by atoms with van der Waals surface area (Å²) in [5, 5.41) is 6.60. The minimum Gasteiger partial charge on any atom is -0.462 e. The van der Waals surface area contributed by atoms with Crippen LogP contribution in [0.2, 0.25) is 0 Å². The highest BCUT2D eigenvalue weighted by molar-refractivity contribution is 6.32. The van der Waals surface area contributed by atoms with Gasteiger partial charge < -0.3 is 20.1 Å². The second-order valence-electron chi connectivity index (χ2n) is 11.1. The van der Waals surface area contributed by atoms with Crippen molar-refractivity contribution in [3.63, 3.8) is 0 Å². The zero-order chi connectivity index (χ0) is 32.8. The van der Waals surface area contributed by atoms with Gasteiger partial charge in [-0.05, 0) is 61.4 Å². The Morgan fingerprint density at radius 2 is 0.957 bits per heavy atom. The fourth-order valence-corrected chi connectivity index (χ4v) is 5.04. The molecule has 0 aromatic heterocycles. The number of nitrogens with one attached hydrogen (secondary N) is 2. The molecule has 0 saturated carbocycles. The summed E-state index contributed by atoms with van der Waals surface area (Å²) in [6.45, 7) is 10.9. The average Bonchev–Trinajstić information content (AvgIpc) is 3.05. The molecule has 1 aliphatic carbocycles. The SMILES string of the molecule is C=C(C)C(=O)OCCc1ccc(Nc2cccc3c2C(=O)c2cccc(Nc4ccc(CCOC(=O)C(=C)C)cc4)c2C3=O)cc1. The number of carbonyl (C=O) groups is 4. The smallest absolute Gasteiger partial charge is 0.333 e. The summed E-state index contributed by atoms with van der Waals surface area (Å²) in [4.78, 5) is 51.0. The molecule has 0 unspecified atom stereocenters. The molecular formula is C38H34N2O6. The van der Waals surface area contributed by atoms with Gasteiger partial charge in [0.25, 0.3) is 0 Å². The van der Waals surface area contributed by atoms with E-state index < -0.39 is 11.9 Å². The van der Waals surface area contributed by atoms with Gasteiger partial charge in [0.2, 0.25) is 0 Å². The molecule has 0 atom stereocenters. The molecule has 5 rings (SSSR count). The van der Waals surface area contributed by atoms with E-state index in [1.54, 1.807) is 50.2 Å². The van der Waals surface area contributed by atoms with Crippen molar-refractivity contribution in [1.82, 2.24) is 0 Å². The standard InChI is InChI=1S/C38H34N2O6/c1-23(2)37(43)45-21-19-25-11-15-27(16-12-25)39-31-9-5-7-29-33(31)35(41)30-8-6-10-32(34(30)36(29)42)40-28-17-13-26(14-18-28)20-22-46-38(44)24(3)4/h5-18,39-40H,1,3,19-22H2,2,4H3. The van der Waals surface area contributed by atoms with E-state index in [9.17, 15) is 19.2 Å². The highest BCUT2D eigenvalue weighted by Gasteiger charge is 2.33. The number of anilines is 4. The van der Waals surface area contributed by atoms with Gasteiger partial charge >= 0.3 is 11.9 Å². The van der Waals surface area contributed by atoms with Crippen LogP contribution in [-0.4, -0.2) is 36.7 Å². The maximum Gasteiger partial charge on any atom is 0.333 e. The Hall–Kier alpha value is -5.76. The Balaban J connectivity index is 1.29. The van der Waals surface area contributed by atoms with Crippen LogP contribution < -0.4 is 10.6 Å². The second-order valence-corrected chi connectivity index (χ2v) is 11.1. The molecule has 0 heterocycles. The van der Waals surface area contributed by atoms with E-state index in [1.807, 2.05) is 48.5 Å². The fraction of sp³-hybridized carbons (Fsp3) is 0.158. The van der Waals surface area contributed by atoms with Crippen LogP contribution in [0.1, 0.15) is 56.8 Å². The van der Waals surface area contributed by atoms with Crippen molar-refractivity contribution in [2.45, 2.75) is 26.7 Å². The van der Waals surface area contributed by atoms with Crippen LogP contribution in [0.3, 0.4) is 0 Å². The van der Waals surface area contributed by atoms with Crippen molar-refractivity contribution in [3.05, 3.63) is 143 Å². The Kier molecular flexibility index (Phi) is 9.57. The van der Waals surface area contributed by atoms with Gasteiger partial charge in [0.05, 0.1) is 35.7 Å². The molecule has 8 heteroatoms. The molecule has 46 heavy (non-hydrogen) atoms. The number of ether oxygens (including phenoxy) is 2. The van der Waals surface area contributed by atoms with Crippen LogP contribution in [0.15, 0.2) is 109 Å². The first kappa shape index (κ1) is 31.7. The molecule has 0 radical (unpaired) electrons. The molecule has 1 aliphatic rings. The third-order valence-corrected chi connectivity index (χ3v) is 7.48. The molecule has 4 aromatic rings. The number of hydrogen-bond donors (Lipinski definition) is 2. The summed E-state index contributed by atoms with van der Waals surface area (Å²) in [7, 11) is 0. The van der Waals surface area contributed by atoms with Gasteiger partial charge in [0, 0.05) is 46.5 Å². The molecule has 0 spiro atoms. The number of fused-ring (bicyclic) bond motifs is 2. The molecule has 0 amide bonds. The summed E-state index contributed by atoms with van der Waals surface area (Å²) in [5.41, 5.74) is 6.54. The van der Waals surface area contributed by atoms with Gasteiger partial charge in [-0.3, -0.25) is 9.59 Å². The third-order valence-electron chi connectivity index (χ3n) is 7.48. The Labute approximate surface area is 267 Å². The van der Waals surface area contributed by atoms with E-state index in [-0.39, 0.29) is 24.8 Å². The van der Waals surface area contributed by atoms with E-state index in [0.29, 0.717) is 57.6 Å². The molecular weight excluding hydrogens is 580 g/mol. The van der Waals surface area contributed by atoms with Crippen molar-refractivity contribution in [1.29, 1.82) is 0 Å². The van der Waals surface area contributed by atoms with E-state index in [4.69, 9.17) is 9.47 Å². The monoisotopic (exact) mass is 614 g/mol. The average molecular weight is 615 g/mol. The lowest BCUT2D eigenvalue weighted by Crippen LogP contribution is -2.23. The predicted octanol–water partition coefficient (Wildman–Crippen LogP) is 7.27. The zero-order valence-electron chi connectivity index (χ0n) is 25.8. The number of benzene rings is 4. The van der Waals surface area contributed by atoms with Gasteiger partial charge in [-0.15, -0.1) is 0 Å². The quantitative estimate of drug-likeness (QED) is 0.112. The second kappa shape index (κ2) is 13.9. The minimum atomic E-state index is -0.415. The number of ketones is 2.